The average Bonchev–Trinajstić information content (AvgIpc) is 1.53. The highest BCUT2D eigenvalue weighted by Crippen LogP contribution is 2.53. The van der Waals surface area contributed by atoms with E-state index in [1.165, 1.54) is 263 Å². The van der Waals surface area contributed by atoms with E-state index in [0.29, 0.717) is 0 Å². The highest BCUT2D eigenvalue weighted by molar-refractivity contribution is 7.27. The molecule has 0 fully saturated rings. The zero-order valence-corrected chi connectivity index (χ0v) is 81.9. The molecule has 24 aromatic carbocycles. The highest BCUT2D eigenvalue weighted by atomic mass is 32.1. The Hall–Kier alpha value is -18.5. The SMILES string of the molecule is c1ccc(-n2c3ccccc3c3c4ccccc4c4c(c5ccccc5n4-c4ccc(-c5ccc6c(c5)sc5ccccc56)cc4)c32)cc1.c1ccc(-n2c3ccccc3c3c4ccccc4c4c5ccccc5n(-c5ccc(-c6cccc7c6sc6ccccc67)cc5)c4c32)cc1.c1ccc(-n2c3ccccc3c3ccc4c5c6ccccc6ccc5n(-c5ccc(-c6ccc7sc8ccccc8c7c6)cc5)c4c32)cc1. The maximum atomic E-state index is 2.50. The summed E-state index contributed by atoms with van der Waals surface area (Å²) < 4.78 is 22.9. The summed E-state index contributed by atoms with van der Waals surface area (Å²) in [6.45, 7) is 0. The number of para-hydroxylation sites is 8. The van der Waals surface area contributed by atoms with Gasteiger partial charge < -0.3 is 27.4 Å². The lowest BCUT2D eigenvalue weighted by Crippen LogP contribution is -1.99. The van der Waals surface area contributed by atoms with Crippen molar-refractivity contribution in [2.75, 3.05) is 0 Å². The summed E-state index contributed by atoms with van der Waals surface area (Å²) in [5.74, 6) is 0. The third-order valence-corrected chi connectivity index (χ3v) is 34.4. The van der Waals surface area contributed by atoms with Crippen LogP contribution >= 0.6 is 34.0 Å². The molecule has 0 amide bonds. The van der Waals surface area contributed by atoms with Crippen molar-refractivity contribution in [1.82, 2.24) is 27.4 Å². The van der Waals surface area contributed by atoms with Crippen molar-refractivity contribution in [3.05, 3.63) is 510 Å². The second kappa shape index (κ2) is 33.1. The summed E-state index contributed by atoms with van der Waals surface area (Å²) >= 11 is 5.62. The van der Waals surface area contributed by atoms with Crippen LogP contribution < -0.4 is 0 Å². The number of fused-ring (bicyclic) bond motifs is 38. The minimum Gasteiger partial charge on any atom is -0.309 e. The van der Waals surface area contributed by atoms with Crippen molar-refractivity contribution in [3.63, 3.8) is 0 Å². The molecule has 0 saturated heterocycles. The van der Waals surface area contributed by atoms with Gasteiger partial charge in [-0.25, -0.2) is 0 Å². The Labute approximate surface area is 855 Å². The van der Waals surface area contributed by atoms with Gasteiger partial charge in [0.15, 0.2) is 0 Å². The Balaban J connectivity index is 0.0000000999. The van der Waals surface area contributed by atoms with E-state index in [-0.39, 0.29) is 0 Å². The second-order valence-electron chi connectivity index (χ2n) is 38.7. The molecule has 0 aliphatic rings. The molecule has 9 aromatic heterocycles. The van der Waals surface area contributed by atoms with Gasteiger partial charge in [-0.05, 0) is 206 Å². The summed E-state index contributed by atoms with van der Waals surface area (Å²) in [6, 6.07) is 187. The molecule has 0 radical (unpaired) electrons. The van der Waals surface area contributed by atoms with Gasteiger partial charge in [0, 0.05) is 165 Å². The molecular weight excluding hydrogens is 1840 g/mol. The van der Waals surface area contributed by atoms with E-state index in [4.69, 9.17) is 0 Å². The minimum absolute atomic E-state index is 1.15. The van der Waals surface area contributed by atoms with Crippen LogP contribution in [-0.4, -0.2) is 27.4 Å². The van der Waals surface area contributed by atoms with Gasteiger partial charge in [-0.3, -0.25) is 0 Å². The number of rotatable bonds is 9. The van der Waals surface area contributed by atoms with Crippen molar-refractivity contribution < 1.29 is 0 Å². The van der Waals surface area contributed by atoms with Gasteiger partial charge >= 0.3 is 0 Å². The Kier molecular flexibility index (Phi) is 18.7. The van der Waals surface area contributed by atoms with Gasteiger partial charge in [-0.1, -0.05) is 364 Å². The van der Waals surface area contributed by atoms with Gasteiger partial charge in [0.2, 0.25) is 0 Å². The molecule has 33 aromatic rings. The summed E-state index contributed by atoms with van der Waals surface area (Å²) in [4.78, 5) is 0. The van der Waals surface area contributed by atoms with Crippen LogP contribution in [0.5, 0.6) is 0 Å². The van der Waals surface area contributed by atoms with Crippen LogP contribution in [0.3, 0.4) is 0 Å². The summed E-state index contributed by atoms with van der Waals surface area (Å²) in [6.07, 6.45) is 0. The van der Waals surface area contributed by atoms with Crippen molar-refractivity contribution in [2.45, 2.75) is 0 Å². The van der Waals surface area contributed by atoms with Gasteiger partial charge in [-0.15, -0.1) is 34.0 Å². The van der Waals surface area contributed by atoms with Crippen LogP contribution in [0.15, 0.2) is 510 Å². The number of hydrogen-bond acceptors (Lipinski definition) is 3. The molecule has 9 heterocycles. The topological polar surface area (TPSA) is 29.6 Å². The Morgan fingerprint density at radius 3 is 0.993 bits per heavy atom. The maximum absolute atomic E-state index is 2.50. The summed E-state index contributed by atoms with van der Waals surface area (Å²) in [5, 5.41) is 30.9. The predicted molar refractivity (Wildman–Crippen MR) is 633 cm³/mol. The largest absolute Gasteiger partial charge is 0.309 e. The molecule has 33 rings (SSSR count). The third-order valence-electron chi connectivity index (χ3n) is 30.9. The normalized spacial score (nSPS) is 12.1. The zero-order valence-electron chi connectivity index (χ0n) is 79.4. The Bertz CT molecular complexity index is 11300. The van der Waals surface area contributed by atoms with Crippen molar-refractivity contribution in [3.8, 4) is 67.5 Å². The number of thiophene rings is 3. The molecule has 0 spiro atoms. The first-order chi connectivity index (χ1) is 73.0. The van der Waals surface area contributed by atoms with Gasteiger partial charge in [0.25, 0.3) is 0 Å². The van der Waals surface area contributed by atoms with E-state index in [0.717, 1.165) is 28.4 Å². The lowest BCUT2D eigenvalue weighted by molar-refractivity contribution is 1.15. The van der Waals surface area contributed by atoms with Gasteiger partial charge in [0.05, 0.1) is 66.2 Å². The predicted octanol–water partition coefficient (Wildman–Crippen LogP) is 39.2. The van der Waals surface area contributed by atoms with Crippen molar-refractivity contribution in [2.24, 2.45) is 0 Å². The van der Waals surface area contributed by atoms with E-state index in [9.17, 15) is 0 Å². The molecular formula is C138H84N6S3. The van der Waals surface area contributed by atoms with E-state index in [1.54, 1.807) is 0 Å². The molecule has 0 unspecified atom stereocenters. The van der Waals surface area contributed by atoms with Crippen LogP contribution in [-0.2, 0) is 0 Å². The fourth-order valence-corrected chi connectivity index (χ4v) is 28.1. The monoisotopic (exact) mass is 1920 g/mol. The van der Waals surface area contributed by atoms with E-state index in [2.05, 4.69) is 537 Å². The van der Waals surface area contributed by atoms with Crippen molar-refractivity contribution in [1.29, 1.82) is 0 Å². The first-order valence-corrected chi connectivity index (χ1v) is 52.8. The first kappa shape index (κ1) is 83.2. The van der Waals surface area contributed by atoms with E-state index >= 15 is 0 Å². The van der Waals surface area contributed by atoms with Crippen molar-refractivity contribution >= 4 is 258 Å². The fourth-order valence-electron chi connectivity index (χ4n) is 24.6. The van der Waals surface area contributed by atoms with Crippen LogP contribution in [0.25, 0.3) is 291 Å². The molecule has 9 heteroatoms. The molecule has 147 heavy (non-hydrogen) atoms. The minimum atomic E-state index is 1.15. The number of nitrogens with zero attached hydrogens (tertiary/aromatic N) is 6. The highest BCUT2D eigenvalue weighted by Gasteiger charge is 2.30. The number of benzene rings is 24. The first-order valence-electron chi connectivity index (χ1n) is 50.3. The molecule has 0 bridgehead atoms. The summed E-state index contributed by atoms with van der Waals surface area (Å²) in [5.41, 5.74) is 29.1. The molecule has 6 nitrogen and oxygen atoms in total. The Morgan fingerprint density at radius 2 is 0.449 bits per heavy atom. The molecule has 0 aliphatic carbocycles. The Morgan fingerprint density at radius 1 is 0.129 bits per heavy atom. The molecule has 0 saturated carbocycles. The average molecular weight is 1920 g/mol. The standard InChI is InChI=1S/3C46H28N2S/c1-2-13-30(14-3-1)47-39-22-9-6-18-37(39)42-34-16-4-5-17-35(34)43-38-19-7-10-23-40(38)48(45(43)44(42)47)31-27-25-29(26-28-31)32-20-12-21-36-33-15-8-11-24-41(33)49-46(32)36;1-2-12-31(13-3-1)48-39-19-9-6-17-37(39)43-35-15-4-5-16-36(35)45-44(46(43)48)38-18-7-10-20-40(38)47(45)32-25-22-29(23-26-32)30-24-27-34-33-14-8-11-21-41(33)49-42(34)28-30;1-2-11-32(12-3-1)47-40-16-8-6-14-35(40)37-24-25-38-44-34-13-5-4-10-30(34)20-26-41(44)48(46(38)45(37)47)33-22-18-29(19-23-33)31-21-27-43-39(28-31)36-15-7-9-17-42(36)49-43/h3*1-28H. The number of aromatic nitrogens is 6. The van der Waals surface area contributed by atoms with E-state index in [1.807, 2.05) is 34.0 Å². The van der Waals surface area contributed by atoms with Crippen LogP contribution in [0.1, 0.15) is 0 Å². The molecule has 0 N–H and O–H groups in total. The fraction of sp³-hybridized carbons (Fsp3) is 0. The number of hydrogen-bond donors (Lipinski definition) is 0. The van der Waals surface area contributed by atoms with Crippen LogP contribution in [0, 0.1) is 0 Å². The zero-order chi connectivity index (χ0) is 96.2. The van der Waals surface area contributed by atoms with E-state index < -0.39 is 0 Å². The van der Waals surface area contributed by atoms with Crippen LogP contribution in [0.2, 0.25) is 0 Å². The smallest absolute Gasteiger partial charge is 0.0795 e. The third kappa shape index (κ3) is 12.7. The lowest BCUT2D eigenvalue weighted by Gasteiger charge is -2.14. The molecule has 0 aliphatic heterocycles. The van der Waals surface area contributed by atoms with Gasteiger partial charge in [0.1, 0.15) is 0 Å². The quantitative estimate of drug-likeness (QED) is 0.138. The van der Waals surface area contributed by atoms with Gasteiger partial charge in [-0.2, -0.15) is 0 Å². The second-order valence-corrected chi connectivity index (χ2v) is 41.9. The summed E-state index contributed by atoms with van der Waals surface area (Å²) in [7, 11) is 0. The lowest BCUT2D eigenvalue weighted by atomic mass is 9.98. The molecule has 0 atom stereocenters. The maximum Gasteiger partial charge on any atom is 0.0795 e. The molecule has 684 valence electrons. The van der Waals surface area contributed by atoms with Crippen LogP contribution in [0.4, 0.5) is 0 Å².